The van der Waals surface area contributed by atoms with E-state index in [4.69, 9.17) is 4.74 Å². The molecule has 29 heavy (non-hydrogen) atoms. The number of aromatic amines is 1. The standard InChI is InChI=1S/C22H22N4O3/c1-14-9-18-17(15(2)11-24-18)10-16(14)12-25(3)20(27)6-8-26-21(28)13-29-19-5-4-7-23-22(19)26/h4-11,24H,12-13H2,1-3H3/b8-6+. The highest BCUT2D eigenvalue weighted by Crippen LogP contribution is 2.29. The monoisotopic (exact) mass is 390 g/mol. The number of pyridine rings is 1. The van der Waals surface area contributed by atoms with Gasteiger partial charge in [0.2, 0.25) is 5.91 Å². The van der Waals surface area contributed by atoms with Gasteiger partial charge < -0.3 is 14.6 Å². The van der Waals surface area contributed by atoms with E-state index in [0.29, 0.717) is 18.1 Å². The molecule has 148 valence electrons. The number of fused-ring (bicyclic) bond motifs is 2. The molecule has 0 atom stereocenters. The molecular formula is C22H22N4O3. The van der Waals surface area contributed by atoms with Gasteiger partial charge in [-0.05, 0) is 54.8 Å². The molecule has 0 saturated heterocycles. The largest absolute Gasteiger partial charge is 0.480 e. The summed E-state index contributed by atoms with van der Waals surface area (Å²) in [6.45, 7) is 4.48. The van der Waals surface area contributed by atoms with Crippen molar-refractivity contribution in [3.8, 4) is 5.75 Å². The van der Waals surface area contributed by atoms with Crippen LogP contribution in [0, 0.1) is 13.8 Å². The van der Waals surface area contributed by atoms with Crippen LogP contribution >= 0.6 is 0 Å². The molecule has 4 rings (SSSR count). The van der Waals surface area contributed by atoms with Crippen LogP contribution in [-0.4, -0.2) is 40.3 Å². The van der Waals surface area contributed by atoms with Crippen LogP contribution in [0.2, 0.25) is 0 Å². The van der Waals surface area contributed by atoms with Gasteiger partial charge in [0, 0.05) is 49.2 Å². The van der Waals surface area contributed by atoms with E-state index in [2.05, 4.69) is 29.0 Å². The number of hydrogen-bond donors (Lipinski definition) is 1. The van der Waals surface area contributed by atoms with Crippen LogP contribution in [0.1, 0.15) is 16.7 Å². The van der Waals surface area contributed by atoms with Gasteiger partial charge in [0.25, 0.3) is 5.91 Å². The number of aryl methyl sites for hydroxylation is 2. The van der Waals surface area contributed by atoms with E-state index in [1.54, 1.807) is 30.3 Å². The molecule has 3 heterocycles. The predicted octanol–water partition coefficient (Wildman–Crippen LogP) is 3.08. The van der Waals surface area contributed by atoms with E-state index >= 15 is 0 Å². The fourth-order valence-corrected chi connectivity index (χ4v) is 3.39. The van der Waals surface area contributed by atoms with E-state index in [1.807, 2.05) is 13.1 Å². The lowest BCUT2D eigenvalue weighted by Gasteiger charge is -2.25. The number of nitrogens with one attached hydrogen (secondary N) is 1. The van der Waals surface area contributed by atoms with Crippen molar-refractivity contribution >= 4 is 28.5 Å². The molecule has 1 N–H and O–H groups in total. The van der Waals surface area contributed by atoms with Gasteiger partial charge in [0.15, 0.2) is 18.2 Å². The van der Waals surface area contributed by atoms with E-state index in [0.717, 1.165) is 22.0 Å². The molecule has 0 aliphatic carbocycles. The lowest BCUT2D eigenvalue weighted by Crippen LogP contribution is -2.36. The summed E-state index contributed by atoms with van der Waals surface area (Å²) in [7, 11) is 1.74. The number of ether oxygens (including phenoxy) is 1. The minimum Gasteiger partial charge on any atom is -0.480 e. The highest BCUT2D eigenvalue weighted by atomic mass is 16.5. The normalized spacial score (nSPS) is 13.6. The Morgan fingerprint density at radius 3 is 3.00 bits per heavy atom. The fourth-order valence-electron chi connectivity index (χ4n) is 3.39. The molecule has 0 bridgehead atoms. The first-order valence-electron chi connectivity index (χ1n) is 9.34. The Hall–Kier alpha value is -3.61. The molecule has 1 aromatic carbocycles. The Bertz CT molecular complexity index is 1130. The molecule has 0 saturated carbocycles. The Balaban J connectivity index is 1.51. The second kappa shape index (κ2) is 7.43. The number of H-pyrrole nitrogens is 1. The van der Waals surface area contributed by atoms with Gasteiger partial charge in [-0.15, -0.1) is 0 Å². The molecule has 1 aliphatic heterocycles. The number of aromatic nitrogens is 2. The van der Waals surface area contributed by atoms with Crippen LogP contribution in [0.3, 0.4) is 0 Å². The third-order valence-electron chi connectivity index (χ3n) is 5.09. The van der Waals surface area contributed by atoms with Gasteiger partial charge in [-0.1, -0.05) is 0 Å². The second-order valence-electron chi connectivity index (χ2n) is 7.18. The van der Waals surface area contributed by atoms with Crippen molar-refractivity contribution in [1.29, 1.82) is 0 Å². The molecule has 7 heteroatoms. The predicted molar refractivity (Wildman–Crippen MR) is 111 cm³/mol. The maximum Gasteiger partial charge on any atom is 0.270 e. The van der Waals surface area contributed by atoms with Crippen molar-refractivity contribution in [2.75, 3.05) is 18.6 Å². The molecule has 0 radical (unpaired) electrons. The number of rotatable bonds is 4. The number of benzene rings is 1. The Kier molecular flexibility index (Phi) is 4.80. The third-order valence-corrected chi connectivity index (χ3v) is 5.09. The maximum atomic E-state index is 12.6. The molecule has 0 unspecified atom stereocenters. The number of hydrogen-bond acceptors (Lipinski definition) is 4. The van der Waals surface area contributed by atoms with Gasteiger partial charge in [0.05, 0.1) is 0 Å². The van der Waals surface area contributed by atoms with Crippen molar-refractivity contribution in [3.05, 3.63) is 65.6 Å². The van der Waals surface area contributed by atoms with Gasteiger partial charge in [-0.25, -0.2) is 4.98 Å². The zero-order valence-corrected chi connectivity index (χ0v) is 16.6. The Morgan fingerprint density at radius 2 is 2.17 bits per heavy atom. The third kappa shape index (κ3) is 3.59. The number of carbonyl (C=O) groups is 2. The second-order valence-corrected chi connectivity index (χ2v) is 7.18. The lowest BCUT2D eigenvalue weighted by atomic mass is 10.0. The summed E-state index contributed by atoms with van der Waals surface area (Å²) in [5.41, 5.74) is 4.46. The molecule has 0 fully saturated rings. The van der Waals surface area contributed by atoms with E-state index < -0.39 is 0 Å². The Morgan fingerprint density at radius 1 is 1.34 bits per heavy atom. The van der Waals surface area contributed by atoms with Crippen LogP contribution in [0.4, 0.5) is 5.82 Å². The van der Waals surface area contributed by atoms with Gasteiger partial charge in [0.1, 0.15) is 0 Å². The molecule has 0 spiro atoms. The lowest BCUT2D eigenvalue weighted by molar-refractivity contribution is -0.125. The number of likely N-dealkylation sites (N-methyl/N-ethyl adjacent to an activating group) is 1. The zero-order valence-electron chi connectivity index (χ0n) is 16.6. The molecular weight excluding hydrogens is 368 g/mol. The van der Waals surface area contributed by atoms with Crippen molar-refractivity contribution in [1.82, 2.24) is 14.9 Å². The van der Waals surface area contributed by atoms with Crippen molar-refractivity contribution in [3.63, 3.8) is 0 Å². The number of amides is 2. The summed E-state index contributed by atoms with van der Waals surface area (Å²) in [5, 5.41) is 1.16. The first kappa shape index (κ1) is 18.7. The molecule has 1 aliphatic rings. The summed E-state index contributed by atoms with van der Waals surface area (Å²) < 4.78 is 5.36. The molecule has 2 aromatic heterocycles. The molecule has 3 aromatic rings. The van der Waals surface area contributed by atoms with Crippen LogP contribution < -0.4 is 9.64 Å². The van der Waals surface area contributed by atoms with Crippen molar-refractivity contribution < 1.29 is 14.3 Å². The van der Waals surface area contributed by atoms with Crippen LogP contribution in [-0.2, 0) is 16.1 Å². The average molecular weight is 390 g/mol. The van der Waals surface area contributed by atoms with E-state index in [1.165, 1.54) is 22.7 Å². The van der Waals surface area contributed by atoms with Crippen molar-refractivity contribution in [2.24, 2.45) is 0 Å². The first-order chi connectivity index (χ1) is 13.9. The minimum absolute atomic E-state index is 0.0811. The molecule has 2 amide bonds. The smallest absolute Gasteiger partial charge is 0.270 e. The SMILES string of the molecule is Cc1cc2[nH]cc(C)c2cc1CN(C)C(=O)/C=C/N1C(=O)COc2cccnc21. The van der Waals surface area contributed by atoms with Crippen molar-refractivity contribution in [2.45, 2.75) is 20.4 Å². The summed E-state index contributed by atoms with van der Waals surface area (Å²) in [6, 6.07) is 7.70. The number of nitrogens with zero attached hydrogens (tertiary/aromatic N) is 3. The quantitative estimate of drug-likeness (QED) is 0.695. The topological polar surface area (TPSA) is 78.5 Å². The highest BCUT2D eigenvalue weighted by Gasteiger charge is 2.25. The summed E-state index contributed by atoms with van der Waals surface area (Å²) in [6.07, 6.45) is 6.41. The van der Waals surface area contributed by atoms with Crippen LogP contribution in [0.5, 0.6) is 5.75 Å². The zero-order chi connectivity index (χ0) is 20.5. The summed E-state index contributed by atoms with van der Waals surface area (Å²) in [4.78, 5) is 35.2. The van der Waals surface area contributed by atoms with Crippen LogP contribution in [0.15, 0.2) is 48.9 Å². The first-order valence-corrected chi connectivity index (χ1v) is 9.34. The Labute approximate surface area is 168 Å². The van der Waals surface area contributed by atoms with Gasteiger partial charge >= 0.3 is 0 Å². The fraction of sp³-hybridized carbons (Fsp3) is 0.227. The highest BCUT2D eigenvalue weighted by molar-refractivity contribution is 5.99. The minimum atomic E-state index is -0.271. The number of anilines is 1. The van der Waals surface area contributed by atoms with Gasteiger partial charge in [-0.2, -0.15) is 0 Å². The average Bonchev–Trinajstić information content (AvgIpc) is 3.06. The van der Waals surface area contributed by atoms with Gasteiger partial charge in [-0.3, -0.25) is 14.5 Å². The van der Waals surface area contributed by atoms with Crippen LogP contribution in [0.25, 0.3) is 10.9 Å². The molecule has 7 nitrogen and oxygen atoms in total. The van der Waals surface area contributed by atoms with E-state index in [9.17, 15) is 9.59 Å². The van der Waals surface area contributed by atoms with E-state index in [-0.39, 0.29) is 18.4 Å². The summed E-state index contributed by atoms with van der Waals surface area (Å²) in [5.74, 6) is 0.433. The summed E-state index contributed by atoms with van der Waals surface area (Å²) >= 11 is 0. The number of carbonyl (C=O) groups excluding carboxylic acids is 2. The maximum absolute atomic E-state index is 12.6.